The fourth-order valence-corrected chi connectivity index (χ4v) is 2.17. The highest BCUT2D eigenvalue weighted by Crippen LogP contribution is 2.00. The zero-order chi connectivity index (χ0) is 13.9. The van der Waals surface area contributed by atoms with Crippen molar-refractivity contribution in [1.82, 2.24) is 10.0 Å². The van der Waals surface area contributed by atoms with Gasteiger partial charge >= 0.3 is 0 Å². The number of amides is 1. The Kier molecular flexibility index (Phi) is 5.50. The molecule has 0 aromatic heterocycles. The third kappa shape index (κ3) is 6.54. The normalized spacial score (nSPS) is 14.1. The maximum atomic E-state index is 11.6. The topological polar surface area (TPSA) is 101 Å². The van der Waals surface area contributed by atoms with Gasteiger partial charge < -0.3 is 11.1 Å². The molecule has 0 saturated heterocycles. The second kappa shape index (κ2) is 5.74. The van der Waals surface area contributed by atoms with Crippen LogP contribution in [-0.4, -0.2) is 36.6 Å². The van der Waals surface area contributed by atoms with E-state index in [0.29, 0.717) is 0 Å². The van der Waals surface area contributed by atoms with Gasteiger partial charge in [0.2, 0.25) is 15.9 Å². The first-order valence-electron chi connectivity index (χ1n) is 5.04. The molecule has 4 N–H and O–H groups in total. The van der Waals surface area contributed by atoms with Gasteiger partial charge in [-0.25, -0.2) is 13.1 Å². The average molecular weight is 281 g/mol. The van der Waals surface area contributed by atoms with Gasteiger partial charge in [-0.15, -0.1) is 0 Å². The number of thiocarbonyl (C=S) groups is 1. The molecule has 0 fully saturated rings. The van der Waals surface area contributed by atoms with Gasteiger partial charge in [0.05, 0.1) is 11.5 Å². The Bertz CT molecular complexity index is 398. The monoisotopic (exact) mass is 281 g/mol. The quantitative estimate of drug-likeness (QED) is 0.590. The van der Waals surface area contributed by atoms with Crippen molar-refractivity contribution < 1.29 is 13.2 Å². The van der Waals surface area contributed by atoms with Gasteiger partial charge in [0.1, 0.15) is 5.25 Å². The second-order valence-electron chi connectivity index (χ2n) is 4.71. The van der Waals surface area contributed by atoms with Crippen LogP contribution in [0.3, 0.4) is 0 Å². The third-order valence-electron chi connectivity index (χ3n) is 1.81. The number of rotatable bonds is 5. The summed E-state index contributed by atoms with van der Waals surface area (Å²) in [6.07, 6.45) is 0. The number of hydrogen-bond acceptors (Lipinski definition) is 4. The molecule has 0 radical (unpaired) electrons. The summed E-state index contributed by atoms with van der Waals surface area (Å²) in [5.41, 5.74) is 4.84. The van der Waals surface area contributed by atoms with Crippen molar-refractivity contribution >= 4 is 33.1 Å². The molecule has 17 heavy (non-hydrogen) atoms. The van der Waals surface area contributed by atoms with Crippen LogP contribution in [0.5, 0.6) is 0 Å². The molecule has 1 atom stereocenters. The van der Waals surface area contributed by atoms with Crippen molar-refractivity contribution in [3.05, 3.63) is 0 Å². The van der Waals surface area contributed by atoms with Crippen LogP contribution in [0.1, 0.15) is 27.7 Å². The molecular formula is C9H19N3O3S2. The lowest BCUT2D eigenvalue weighted by atomic mass is 10.1. The summed E-state index contributed by atoms with van der Waals surface area (Å²) in [6, 6.07) is 0. The van der Waals surface area contributed by atoms with E-state index in [1.54, 1.807) is 20.8 Å². The Morgan fingerprint density at radius 1 is 1.41 bits per heavy atom. The van der Waals surface area contributed by atoms with Crippen LogP contribution < -0.4 is 15.8 Å². The first kappa shape index (κ1) is 16.3. The predicted molar refractivity (Wildman–Crippen MR) is 71.1 cm³/mol. The predicted octanol–water partition coefficient (Wildman–Crippen LogP) is -0.505. The Labute approximate surface area is 107 Å². The van der Waals surface area contributed by atoms with Crippen molar-refractivity contribution in [2.75, 3.05) is 6.54 Å². The van der Waals surface area contributed by atoms with Crippen molar-refractivity contribution in [1.29, 1.82) is 0 Å². The Morgan fingerprint density at radius 2 is 1.88 bits per heavy atom. The second-order valence-corrected chi connectivity index (χ2v) is 7.27. The highest BCUT2D eigenvalue weighted by molar-refractivity contribution is 7.93. The van der Waals surface area contributed by atoms with Gasteiger partial charge in [-0.3, -0.25) is 4.79 Å². The van der Waals surface area contributed by atoms with Gasteiger partial charge in [-0.2, -0.15) is 0 Å². The average Bonchev–Trinajstić information content (AvgIpc) is 2.11. The van der Waals surface area contributed by atoms with E-state index in [1.807, 2.05) is 0 Å². The molecule has 0 aliphatic carbocycles. The van der Waals surface area contributed by atoms with E-state index in [0.717, 1.165) is 0 Å². The van der Waals surface area contributed by atoms with Crippen molar-refractivity contribution in [3.8, 4) is 0 Å². The molecule has 100 valence electrons. The number of nitrogens with two attached hydrogens (primary N) is 1. The molecular weight excluding hydrogens is 262 g/mol. The summed E-state index contributed by atoms with van der Waals surface area (Å²) in [7, 11) is -3.69. The smallest absolute Gasteiger partial charge is 0.235 e. The van der Waals surface area contributed by atoms with Gasteiger partial charge in [0, 0.05) is 5.54 Å². The maximum Gasteiger partial charge on any atom is 0.235 e. The minimum absolute atomic E-state index is 0.131. The van der Waals surface area contributed by atoms with Gasteiger partial charge in [-0.05, 0) is 27.7 Å². The highest BCUT2D eigenvalue weighted by atomic mass is 32.2. The molecule has 8 heteroatoms. The van der Waals surface area contributed by atoms with Gasteiger partial charge in [-0.1, -0.05) is 12.2 Å². The van der Waals surface area contributed by atoms with Crippen LogP contribution in [-0.2, 0) is 14.8 Å². The molecule has 0 aromatic rings. The van der Waals surface area contributed by atoms with E-state index in [9.17, 15) is 13.2 Å². The van der Waals surface area contributed by atoms with E-state index < -0.39 is 26.7 Å². The molecule has 1 unspecified atom stereocenters. The van der Waals surface area contributed by atoms with Crippen LogP contribution in [0.25, 0.3) is 0 Å². The minimum atomic E-state index is -3.69. The number of nitrogens with one attached hydrogen (secondary N) is 2. The maximum absolute atomic E-state index is 11.6. The standard InChI is InChI=1S/C9H19N3O3S2/c1-6(8(10)16)17(14,15)11-5-7(13)12-9(2,3)4/h6,11H,5H2,1-4H3,(H2,10,16)(H,12,13). The Hall–Kier alpha value is -0.730. The molecule has 0 aliphatic heterocycles. The van der Waals surface area contributed by atoms with Crippen molar-refractivity contribution in [2.24, 2.45) is 5.73 Å². The van der Waals surface area contributed by atoms with Crippen LogP contribution in [0.4, 0.5) is 0 Å². The number of carbonyl (C=O) groups is 1. The van der Waals surface area contributed by atoms with Crippen LogP contribution >= 0.6 is 12.2 Å². The van der Waals surface area contributed by atoms with E-state index >= 15 is 0 Å². The first-order chi connectivity index (χ1) is 7.46. The number of sulfonamides is 1. The molecule has 6 nitrogen and oxygen atoms in total. The molecule has 0 heterocycles. The summed E-state index contributed by atoms with van der Waals surface area (Å²) >= 11 is 4.59. The lowest BCUT2D eigenvalue weighted by Crippen LogP contribution is -2.48. The number of carbonyl (C=O) groups excluding carboxylic acids is 1. The fraction of sp³-hybridized carbons (Fsp3) is 0.778. The molecule has 0 aromatic carbocycles. The van der Waals surface area contributed by atoms with Crippen LogP contribution in [0, 0.1) is 0 Å². The van der Waals surface area contributed by atoms with E-state index in [4.69, 9.17) is 5.73 Å². The zero-order valence-corrected chi connectivity index (χ0v) is 12.0. The van der Waals surface area contributed by atoms with Gasteiger partial charge in [0.25, 0.3) is 0 Å². The summed E-state index contributed by atoms with van der Waals surface area (Å²) in [5.74, 6) is -0.406. The fourth-order valence-electron chi connectivity index (χ4n) is 0.907. The third-order valence-corrected chi connectivity index (χ3v) is 4.05. The molecule has 0 saturated carbocycles. The van der Waals surface area contributed by atoms with Gasteiger partial charge in [0.15, 0.2) is 0 Å². The summed E-state index contributed by atoms with van der Waals surface area (Å²) in [4.78, 5) is 11.3. The molecule has 1 amide bonds. The lowest BCUT2D eigenvalue weighted by molar-refractivity contribution is -0.121. The minimum Gasteiger partial charge on any atom is -0.392 e. The summed E-state index contributed by atoms with van der Waals surface area (Å²) < 4.78 is 25.3. The van der Waals surface area contributed by atoms with Crippen LogP contribution in [0.15, 0.2) is 0 Å². The summed E-state index contributed by atoms with van der Waals surface area (Å²) in [6.45, 7) is 6.45. The molecule has 0 aliphatic rings. The molecule has 0 bridgehead atoms. The Morgan fingerprint density at radius 3 is 2.24 bits per heavy atom. The van der Waals surface area contributed by atoms with Crippen LogP contribution in [0.2, 0.25) is 0 Å². The summed E-state index contributed by atoms with van der Waals surface area (Å²) in [5, 5.41) is 1.63. The largest absolute Gasteiger partial charge is 0.392 e. The highest BCUT2D eigenvalue weighted by Gasteiger charge is 2.24. The zero-order valence-electron chi connectivity index (χ0n) is 10.4. The molecule has 0 spiro atoms. The van der Waals surface area contributed by atoms with E-state index in [1.165, 1.54) is 6.92 Å². The first-order valence-corrected chi connectivity index (χ1v) is 7.00. The van der Waals surface area contributed by atoms with Crippen molar-refractivity contribution in [3.63, 3.8) is 0 Å². The lowest BCUT2D eigenvalue weighted by Gasteiger charge is -2.21. The van der Waals surface area contributed by atoms with Crippen molar-refractivity contribution in [2.45, 2.75) is 38.5 Å². The van der Waals surface area contributed by atoms with E-state index in [2.05, 4.69) is 22.3 Å². The molecule has 0 rings (SSSR count). The Balaban J connectivity index is 4.39. The number of hydrogen-bond donors (Lipinski definition) is 3. The van der Waals surface area contributed by atoms with E-state index in [-0.39, 0.29) is 11.5 Å². The SMILES string of the molecule is CC(C(N)=S)S(=O)(=O)NCC(=O)NC(C)(C)C.